The lowest BCUT2D eigenvalue weighted by Crippen LogP contribution is -2.29. The van der Waals surface area contributed by atoms with Crippen molar-refractivity contribution in [3.05, 3.63) is 0 Å². The molecule has 1 heterocycles. The fourth-order valence-electron chi connectivity index (χ4n) is 2.23. The Bertz CT molecular complexity index is 696. The SMILES string of the molecule is [B][C@H]1C[C@@H](OCSSC(C)(C)CCN)C(COP(=O)(O)OP(=O)(O)OP(=O)(O)O)O1. The molecule has 1 rings (SSSR count). The molecule has 0 aromatic heterocycles. The number of ether oxygens (including phenoxy) is 2. The quantitative estimate of drug-likeness (QED) is 0.0708. The van der Waals surface area contributed by atoms with Crippen molar-refractivity contribution in [2.45, 2.75) is 49.6 Å². The number of phosphoric acid groups is 3. The molecular formula is C11H25BNO12P3S2. The molecule has 0 spiro atoms. The van der Waals surface area contributed by atoms with Gasteiger partial charge in [-0.1, -0.05) is 21.6 Å². The fourth-order valence-corrected chi connectivity index (χ4v) is 7.58. The van der Waals surface area contributed by atoms with E-state index in [-0.39, 0.29) is 17.1 Å². The van der Waals surface area contributed by atoms with Crippen molar-refractivity contribution in [1.29, 1.82) is 0 Å². The molecule has 1 fully saturated rings. The average Bonchev–Trinajstić information content (AvgIpc) is 2.86. The van der Waals surface area contributed by atoms with Gasteiger partial charge in [0.2, 0.25) is 0 Å². The second kappa shape index (κ2) is 12.0. The molecule has 0 aliphatic carbocycles. The minimum Gasteiger partial charge on any atom is -0.380 e. The van der Waals surface area contributed by atoms with Crippen molar-refractivity contribution in [1.82, 2.24) is 0 Å². The summed E-state index contributed by atoms with van der Waals surface area (Å²) in [7, 11) is -7.56. The Labute approximate surface area is 183 Å². The first kappa shape index (κ1) is 29.1. The first-order chi connectivity index (χ1) is 13.5. The molecule has 13 nitrogen and oxygen atoms in total. The molecule has 0 aromatic carbocycles. The predicted molar refractivity (Wildman–Crippen MR) is 112 cm³/mol. The highest BCUT2D eigenvalue weighted by molar-refractivity contribution is 8.77. The summed E-state index contributed by atoms with van der Waals surface area (Å²) in [4.78, 5) is 35.7. The van der Waals surface area contributed by atoms with E-state index in [0.29, 0.717) is 6.54 Å². The Kier molecular flexibility index (Phi) is 11.6. The van der Waals surface area contributed by atoms with Gasteiger partial charge in [0.15, 0.2) is 0 Å². The van der Waals surface area contributed by atoms with E-state index in [1.165, 1.54) is 10.8 Å². The maximum Gasteiger partial charge on any atom is 0.490 e. The molecule has 2 radical (unpaired) electrons. The van der Waals surface area contributed by atoms with Crippen LogP contribution in [0.4, 0.5) is 0 Å². The Morgan fingerprint density at radius 2 is 1.80 bits per heavy atom. The van der Waals surface area contributed by atoms with Crippen LogP contribution in [-0.4, -0.2) is 69.5 Å². The molecule has 30 heavy (non-hydrogen) atoms. The van der Waals surface area contributed by atoms with Gasteiger partial charge in [-0.3, -0.25) is 4.52 Å². The largest absolute Gasteiger partial charge is 0.490 e. The first-order valence-corrected chi connectivity index (χ1v) is 15.2. The molecule has 0 amide bonds. The number of hydrogen-bond donors (Lipinski definition) is 5. The Morgan fingerprint density at radius 3 is 2.37 bits per heavy atom. The van der Waals surface area contributed by atoms with Crippen LogP contribution in [0.2, 0.25) is 0 Å². The summed E-state index contributed by atoms with van der Waals surface area (Å²) in [5.41, 5.74) is 5.56. The third-order valence-corrected chi connectivity index (χ3v) is 10.2. The maximum absolute atomic E-state index is 11.8. The van der Waals surface area contributed by atoms with Gasteiger partial charge >= 0.3 is 23.5 Å². The van der Waals surface area contributed by atoms with Crippen LogP contribution in [0.25, 0.3) is 0 Å². The molecule has 176 valence electrons. The number of rotatable bonds is 14. The van der Waals surface area contributed by atoms with Crippen molar-refractivity contribution in [3.8, 4) is 0 Å². The molecular weight excluding hydrogens is 506 g/mol. The Balaban J connectivity index is 2.52. The highest BCUT2D eigenvalue weighted by Gasteiger charge is 2.42. The summed E-state index contributed by atoms with van der Waals surface area (Å²) in [5.74, 6) is 0.255. The van der Waals surface area contributed by atoms with Gasteiger partial charge in [0.1, 0.15) is 19.9 Å². The summed E-state index contributed by atoms with van der Waals surface area (Å²) < 4.78 is 56.5. The van der Waals surface area contributed by atoms with Crippen molar-refractivity contribution < 1.29 is 55.9 Å². The molecule has 19 heteroatoms. The van der Waals surface area contributed by atoms with E-state index >= 15 is 0 Å². The highest BCUT2D eigenvalue weighted by atomic mass is 33.1. The number of nitrogens with two attached hydrogens (primary N) is 1. The second-order valence-corrected chi connectivity index (χ2v) is 14.0. The molecule has 3 unspecified atom stereocenters. The Morgan fingerprint density at radius 1 is 1.17 bits per heavy atom. The van der Waals surface area contributed by atoms with Gasteiger partial charge in [-0.05, 0) is 33.2 Å². The summed E-state index contributed by atoms with van der Waals surface area (Å²) in [6.45, 7) is 4.02. The third kappa shape index (κ3) is 12.3. The van der Waals surface area contributed by atoms with Gasteiger partial charge in [0.05, 0.1) is 12.7 Å². The molecule has 1 aliphatic heterocycles. The number of hydrogen-bond acceptors (Lipinski definition) is 11. The Hall–Kier alpha value is 1.05. The van der Waals surface area contributed by atoms with E-state index in [9.17, 15) is 18.6 Å². The molecule has 1 saturated heterocycles. The van der Waals surface area contributed by atoms with E-state index in [1.54, 1.807) is 10.8 Å². The molecule has 0 bridgehead atoms. The van der Waals surface area contributed by atoms with E-state index < -0.39 is 48.3 Å². The predicted octanol–water partition coefficient (Wildman–Crippen LogP) is 1.46. The van der Waals surface area contributed by atoms with Gasteiger partial charge in [0.25, 0.3) is 0 Å². The third-order valence-electron chi connectivity index (χ3n) is 3.41. The van der Waals surface area contributed by atoms with E-state index in [1.807, 2.05) is 13.8 Å². The number of phosphoric ester groups is 1. The van der Waals surface area contributed by atoms with Crippen LogP contribution in [0, 0.1) is 0 Å². The standard InChI is InChI=1S/C11H25BNO12P3S2/c1-11(2,3-4-13)30-29-7-21-8-5-10(12)23-9(8)6-22-27(17,18)25-28(19,20)24-26(14,15)16/h8-10H,3-7,13H2,1-2H3,(H,17,18)(H,19,20)(H2,14,15,16)/t8-,9?,10-/m1/s1. The second-order valence-electron chi connectivity index (χ2n) is 6.66. The van der Waals surface area contributed by atoms with Gasteiger partial charge in [-0.2, -0.15) is 8.62 Å². The minimum absolute atomic E-state index is 0.0534. The van der Waals surface area contributed by atoms with Crippen molar-refractivity contribution in [2.75, 3.05) is 19.1 Å². The van der Waals surface area contributed by atoms with E-state index in [0.717, 1.165) is 6.42 Å². The van der Waals surface area contributed by atoms with Crippen LogP contribution >= 0.6 is 45.1 Å². The monoisotopic (exact) mass is 531 g/mol. The van der Waals surface area contributed by atoms with Gasteiger partial charge in [0, 0.05) is 10.8 Å². The molecule has 1 aliphatic rings. The summed E-state index contributed by atoms with van der Waals surface area (Å²) in [5, 5.41) is 0. The lowest BCUT2D eigenvalue weighted by Gasteiger charge is -2.24. The minimum atomic E-state index is -5.58. The van der Waals surface area contributed by atoms with Crippen LogP contribution in [0.3, 0.4) is 0 Å². The normalized spacial score (nSPS) is 27.0. The van der Waals surface area contributed by atoms with Gasteiger partial charge in [-0.25, -0.2) is 13.7 Å². The smallest absolute Gasteiger partial charge is 0.380 e. The molecule has 0 saturated carbocycles. The van der Waals surface area contributed by atoms with Gasteiger partial charge in [-0.15, -0.1) is 0 Å². The fraction of sp³-hybridized carbons (Fsp3) is 1.00. The molecule has 0 aromatic rings. The van der Waals surface area contributed by atoms with Gasteiger partial charge < -0.3 is 34.8 Å². The zero-order chi connectivity index (χ0) is 23.2. The van der Waals surface area contributed by atoms with Crippen LogP contribution < -0.4 is 5.73 Å². The van der Waals surface area contributed by atoms with Crippen molar-refractivity contribution in [2.24, 2.45) is 5.73 Å². The van der Waals surface area contributed by atoms with E-state index in [2.05, 4.69) is 13.1 Å². The zero-order valence-corrected chi connectivity index (χ0v) is 20.5. The van der Waals surface area contributed by atoms with Crippen molar-refractivity contribution in [3.63, 3.8) is 0 Å². The first-order valence-electron chi connectivity index (χ1n) is 8.36. The summed E-state index contributed by atoms with van der Waals surface area (Å²) >= 11 is 0. The zero-order valence-electron chi connectivity index (χ0n) is 16.1. The average molecular weight is 531 g/mol. The van der Waals surface area contributed by atoms with Crippen LogP contribution in [0.15, 0.2) is 0 Å². The van der Waals surface area contributed by atoms with Crippen LogP contribution in [0.1, 0.15) is 26.7 Å². The van der Waals surface area contributed by atoms with Crippen LogP contribution in [-0.2, 0) is 36.3 Å². The summed E-state index contributed by atoms with van der Waals surface area (Å²) in [6.07, 6.45) is -0.419. The van der Waals surface area contributed by atoms with Crippen molar-refractivity contribution >= 4 is 52.9 Å². The lowest BCUT2D eigenvalue weighted by molar-refractivity contribution is -0.0237. The summed E-state index contributed by atoms with van der Waals surface area (Å²) in [6, 6.07) is -0.726. The topological polar surface area (TPSA) is 204 Å². The maximum atomic E-state index is 11.8. The van der Waals surface area contributed by atoms with E-state index in [4.69, 9.17) is 37.7 Å². The molecule has 6 N–H and O–H groups in total. The van der Waals surface area contributed by atoms with Crippen LogP contribution in [0.5, 0.6) is 0 Å². The highest BCUT2D eigenvalue weighted by Crippen LogP contribution is 2.66. The molecule has 5 atom stereocenters. The lowest BCUT2D eigenvalue weighted by atomic mass is 9.96.